The highest BCUT2D eigenvalue weighted by Crippen LogP contribution is 2.29. The second-order valence-electron chi connectivity index (χ2n) is 7.94. The molecule has 1 amide bonds. The number of hydrogen-bond acceptors (Lipinski definition) is 4. The third kappa shape index (κ3) is 5.87. The molecule has 0 aliphatic carbocycles. The molecule has 0 aromatic heterocycles. The maximum Gasteiger partial charge on any atom is 0.416 e. The third-order valence-electron chi connectivity index (χ3n) is 5.48. The summed E-state index contributed by atoms with van der Waals surface area (Å²) >= 11 is 0. The number of nitrogens with zero attached hydrogens (tertiary/aromatic N) is 3. The summed E-state index contributed by atoms with van der Waals surface area (Å²) in [4.78, 5) is 16.1. The van der Waals surface area contributed by atoms with Gasteiger partial charge in [-0.15, -0.1) is 0 Å². The third-order valence-corrected chi connectivity index (χ3v) is 7.39. The smallest absolute Gasteiger partial charge is 0.340 e. The Kier molecular flexibility index (Phi) is 7.26. The van der Waals surface area contributed by atoms with Crippen molar-refractivity contribution < 1.29 is 26.4 Å². The molecule has 2 aromatic carbocycles. The minimum atomic E-state index is -4.39. The number of hydrogen-bond donors (Lipinski definition) is 0. The predicted molar refractivity (Wildman–Crippen MR) is 114 cm³/mol. The molecule has 2 aromatic rings. The molecule has 1 aliphatic heterocycles. The van der Waals surface area contributed by atoms with Crippen LogP contribution in [0.4, 0.5) is 13.2 Å². The van der Waals surface area contributed by atoms with Crippen LogP contribution in [0, 0.1) is 6.92 Å². The Hall–Kier alpha value is -2.43. The van der Waals surface area contributed by atoms with Crippen molar-refractivity contribution in [3.8, 4) is 0 Å². The molecule has 32 heavy (non-hydrogen) atoms. The van der Waals surface area contributed by atoms with E-state index in [0.29, 0.717) is 18.7 Å². The number of amides is 1. The topological polar surface area (TPSA) is 60.9 Å². The van der Waals surface area contributed by atoms with E-state index in [1.165, 1.54) is 21.3 Å². The number of alkyl halides is 3. The fourth-order valence-electron chi connectivity index (χ4n) is 3.46. The summed E-state index contributed by atoms with van der Waals surface area (Å²) in [5.74, 6) is -0.181. The summed E-state index contributed by atoms with van der Waals surface area (Å²) in [5.41, 5.74) is 0.851. The molecular formula is C22H26F3N3O3S. The maximum absolute atomic E-state index is 12.8. The monoisotopic (exact) mass is 469 g/mol. The van der Waals surface area contributed by atoms with Crippen LogP contribution >= 0.6 is 0 Å². The first-order valence-corrected chi connectivity index (χ1v) is 11.6. The first-order valence-electron chi connectivity index (χ1n) is 10.2. The standard InChI is InChI=1S/C22H26F3N3O3S/c1-17-3-9-20(10-4-17)32(30,31)28-13-11-27(12-14-28)16-21(29)26(2)15-18-5-7-19(8-6-18)22(23,24)25/h3-10H,11-16H2,1-2H3. The van der Waals surface area contributed by atoms with E-state index in [9.17, 15) is 26.4 Å². The number of sulfonamides is 1. The molecule has 0 N–H and O–H groups in total. The van der Waals surface area contributed by atoms with Gasteiger partial charge in [-0.3, -0.25) is 9.69 Å². The van der Waals surface area contributed by atoms with Crippen molar-refractivity contribution in [1.29, 1.82) is 0 Å². The van der Waals surface area contributed by atoms with Crippen molar-refractivity contribution >= 4 is 15.9 Å². The van der Waals surface area contributed by atoms with Crippen LogP contribution < -0.4 is 0 Å². The molecule has 10 heteroatoms. The van der Waals surface area contributed by atoms with Gasteiger partial charge in [-0.2, -0.15) is 17.5 Å². The maximum atomic E-state index is 12.8. The normalized spacial score (nSPS) is 16.2. The van der Waals surface area contributed by atoms with E-state index in [0.717, 1.165) is 17.7 Å². The van der Waals surface area contributed by atoms with Crippen LogP contribution in [0.3, 0.4) is 0 Å². The van der Waals surface area contributed by atoms with Gasteiger partial charge < -0.3 is 4.90 Å². The van der Waals surface area contributed by atoms with Gasteiger partial charge in [-0.25, -0.2) is 8.42 Å². The van der Waals surface area contributed by atoms with Crippen molar-refractivity contribution in [2.24, 2.45) is 0 Å². The summed E-state index contributed by atoms with van der Waals surface area (Å²) in [6.07, 6.45) is -4.39. The highest BCUT2D eigenvalue weighted by Gasteiger charge is 2.31. The average molecular weight is 470 g/mol. The van der Waals surface area contributed by atoms with Gasteiger partial charge in [0.1, 0.15) is 0 Å². The SMILES string of the molecule is Cc1ccc(S(=O)(=O)N2CCN(CC(=O)N(C)Cc3ccc(C(F)(F)F)cc3)CC2)cc1. The van der Waals surface area contributed by atoms with Gasteiger partial charge in [0, 0.05) is 39.8 Å². The first-order chi connectivity index (χ1) is 15.0. The van der Waals surface area contributed by atoms with Gasteiger partial charge in [-0.1, -0.05) is 29.8 Å². The second kappa shape index (κ2) is 9.60. The number of aryl methyl sites for hydroxylation is 1. The minimum absolute atomic E-state index is 0.121. The Morgan fingerprint density at radius 2 is 1.53 bits per heavy atom. The van der Waals surface area contributed by atoms with Crippen LogP contribution in [0.2, 0.25) is 0 Å². The number of benzene rings is 2. The lowest BCUT2D eigenvalue weighted by Crippen LogP contribution is -2.51. The largest absolute Gasteiger partial charge is 0.416 e. The molecule has 1 heterocycles. The molecule has 0 atom stereocenters. The number of carbonyl (C=O) groups excluding carboxylic acids is 1. The van der Waals surface area contributed by atoms with Crippen molar-refractivity contribution in [2.45, 2.75) is 24.5 Å². The number of rotatable bonds is 6. The molecule has 0 radical (unpaired) electrons. The van der Waals surface area contributed by atoms with Crippen molar-refractivity contribution in [1.82, 2.24) is 14.1 Å². The Balaban J connectivity index is 1.51. The lowest BCUT2D eigenvalue weighted by molar-refractivity contribution is -0.137. The lowest BCUT2D eigenvalue weighted by atomic mass is 10.1. The molecule has 3 rings (SSSR count). The van der Waals surface area contributed by atoms with Crippen LogP contribution in [0.5, 0.6) is 0 Å². The van der Waals surface area contributed by atoms with Gasteiger partial charge in [-0.05, 0) is 36.8 Å². The van der Waals surface area contributed by atoms with Crippen LogP contribution in [-0.4, -0.2) is 68.2 Å². The zero-order valence-electron chi connectivity index (χ0n) is 18.0. The first kappa shape index (κ1) is 24.2. The van der Waals surface area contributed by atoms with Crippen LogP contribution in [0.15, 0.2) is 53.4 Å². The van der Waals surface area contributed by atoms with E-state index in [-0.39, 0.29) is 37.0 Å². The second-order valence-corrected chi connectivity index (χ2v) is 9.88. The summed E-state index contributed by atoms with van der Waals surface area (Å²) < 4.78 is 65.0. The van der Waals surface area contributed by atoms with E-state index < -0.39 is 21.8 Å². The highest BCUT2D eigenvalue weighted by molar-refractivity contribution is 7.89. The fraction of sp³-hybridized carbons (Fsp3) is 0.409. The van der Waals surface area contributed by atoms with E-state index in [2.05, 4.69) is 0 Å². The summed E-state index contributed by atoms with van der Waals surface area (Å²) in [7, 11) is -1.98. The Morgan fingerprint density at radius 1 is 0.969 bits per heavy atom. The number of halogens is 3. The molecule has 0 spiro atoms. The summed E-state index contributed by atoms with van der Waals surface area (Å²) in [5, 5.41) is 0. The molecule has 1 fully saturated rings. The molecule has 1 saturated heterocycles. The van der Waals surface area contributed by atoms with Crippen LogP contribution in [0.1, 0.15) is 16.7 Å². The average Bonchev–Trinajstić information content (AvgIpc) is 2.74. The van der Waals surface area contributed by atoms with Crippen LogP contribution in [0.25, 0.3) is 0 Å². The van der Waals surface area contributed by atoms with Gasteiger partial charge in [0.2, 0.25) is 15.9 Å². The molecule has 174 valence electrons. The Labute approximate surface area is 186 Å². The van der Waals surface area contributed by atoms with E-state index in [4.69, 9.17) is 0 Å². The highest BCUT2D eigenvalue weighted by atomic mass is 32.2. The molecular weight excluding hydrogens is 443 g/mol. The zero-order chi connectivity index (χ0) is 23.5. The van der Waals surface area contributed by atoms with Crippen LogP contribution in [-0.2, 0) is 27.5 Å². The quantitative estimate of drug-likeness (QED) is 0.653. The Morgan fingerprint density at radius 3 is 2.06 bits per heavy atom. The lowest BCUT2D eigenvalue weighted by Gasteiger charge is -2.34. The fourth-order valence-corrected chi connectivity index (χ4v) is 4.88. The van der Waals surface area contributed by atoms with Crippen molar-refractivity contribution in [2.75, 3.05) is 39.8 Å². The molecule has 0 saturated carbocycles. The molecule has 1 aliphatic rings. The van der Waals surface area contributed by atoms with Gasteiger partial charge in [0.15, 0.2) is 0 Å². The van der Waals surface area contributed by atoms with Crippen molar-refractivity contribution in [3.05, 3.63) is 65.2 Å². The van der Waals surface area contributed by atoms with Crippen molar-refractivity contribution in [3.63, 3.8) is 0 Å². The predicted octanol–water partition coefficient (Wildman–Crippen LogP) is 2.98. The number of carbonyl (C=O) groups is 1. The summed E-state index contributed by atoms with van der Waals surface area (Å²) in [6, 6.07) is 11.4. The van der Waals surface area contributed by atoms with Gasteiger partial charge in [0.25, 0.3) is 0 Å². The molecule has 0 unspecified atom stereocenters. The minimum Gasteiger partial charge on any atom is -0.340 e. The Bertz CT molecular complexity index is 1030. The van der Waals surface area contributed by atoms with E-state index in [1.807, 2.05) is 11.8 Å². The summed E-state index contributed by atoms with van der Waals surface area (Å²) in [6.45, 7) is 3.61. The molecule has 0 bridgehead atoms. The number of piperazine rings is 1. The molecule has 6 nitrogen and oxygen atoms in total. The number of likely N-dealkylation sites (N-methyl/N-ethyl adjacent to an activating group) is 1. The van der Waals surface area contributed by atoms with Gasteiger partial charge in [0.05, 0.1) is 17.0 Å². The zero-order valence-corrected chi connectivity index (χ0v) is 18.8. The van der Waals surface area contributed by atoms with E-state index >= 15 is 0 Å². The van der Waals surface area contributed by atoms with Gasteiger partial charge >= 0.3 is 6.18 Å². The van der Waals surface area contributed by atoms with E-state index in [1.54, 1.807) is 31.3 Å².